The molecule has 0 atom stereocenters. The van der Waals surface area contributed by atoms with E-state index in [1.165, 1.54) is 35.2 Å². The van der Waals surface area contributed by atoms with Gasteiger partial charge in [-0.15, -0.1) is 0 Å². The summed E-state index contributed by atoms with van der Waals surface area (Å²) in [6.45, 7) is 2.32. The van der Waals surface area contributed by atoms with E-state index in [4.69, 9.17) is 11.6 Å². The van der Waals surface area contributed by atoms with Crippen molar-refractivity contribution < 1.29 is 18.0 Å². The van der Waals surface area contributed by atoms with Crippen molar-refractivity contribution in [2.45, 2.75) is 55.0 Å². The third-order valence-corrected chi connectivity index (χ3v) is 9.13. The Hall–Kier alpha value is -3.16. The van der Waals surface area contributed by atoms with E-state index in [9.17, 15) is 18.0 Å². The van der Waals surface area contributed by atoms with Gasteiger partial charge >= 0.3 is 0 Å². The summed E-state index contributed by atoms with van der Waals surface area (Å²) in [6, 6.07) is 17.8. The van der Waals surface area contributed by atoms with Crippen molar-refractivity contribution in [3.8, 4) is 0 Å². The second kappa shape index (κ2) is 9.71. The first kappa shape index (κ1) is 24.5. The zero-order valence-electron chi connectivity index (χ0n) is 19.9. The molecule has 8 heteroatoms. The number of sulfone groups is 1. The van der Waals surface area contributed by atoms with Gasteiger partial charge in [0, 0.05) is 16.6 Å². The molecule has 0 unspecified atom stereocenters. The maximum Gasteiger partial charge on any atom is 0.259 e. The van der Waals surface area contributed by atoms with Crippen molar-refractivity contribution in [1.29, 1.82) is 0 Å². The quantitative estimate of drug-likeness (QED) is 0.480. The van der Waals surface area contributed by atoms with Crippen molar-refractivity contribution in [1.82, 2.24) is 5.32 Å². The van der Waals surface area contributed by atoms with Crippen LogP contribution in [-0.2, 0) is 16.4 Å². The summed E-state index contributed by atoms with van der Waals surface area (Å²) in [5, 5.41) is 3.60. The van der Waals surface area contributed by atoms with E-state index < -0.39 is 15.7 Å². The van der Waals surface area contributed by atoms with Crippen molar-refractivity contribution in [3.05, 3.63) is 88.4 Å². The van der Waals surface area contributed by atoms with Crippen LogP contribution in [0.2, 0.25) is 5.02 Å². The molecule has 186 valence electrons. The van der Waals surface area contributed by atoms with Crippen LogP contribution >= 0.6 is 11.6 Å². The Morgan fingerprint density at radius 3 is 2.47 bits per heavy atom. The Balaban J connectivity index is 1.58. The van der Waals surface area contributed by atoms with E-state index in [0.29, 0.717) is 16.5 Å². The lowest BCUT2D eigenvalue weighted by atomic mass is 9.87. The standard InChI is InChI=1S/C28H27ClN2O4S/c1-18-9-12-22(13-10-18)30-27(32)20-11-14-26-24(16-20)31(17-19-5-4-6-21(29)15-19)28(33)23-7-2-3-8-25(23)36(26,34)35/h2-8,11,14-16,18,22H,9-10,12-13,17H2,1H3,(H,30,32). The Labute approximate surface area is 216 Å². The second-order valence-electron chi connectivity index (χ2n) is 9.63. The van der Waals surface area contributed by atoms with E-state index in [2.05, 4.69) is 12.2 Å². The molecule has 0 saturated heterocycles. The lowest BCUT2D eigenvalue weighted by Gasteiger charge is -2.27. The number of anilines is 1. The number of nitrogens with one attached hydrogen (secondary N) is 1. The summed E-state index contributed by atoms with van der Waals surface area (Å²) in [5.74, 6) is -0.0676. The zero-order valence-corrected chi connectivity index (χ0v) is 21.5. The molecule has 1 saturated carbocycles. The first-order valence-electron chi connectivity index (χ1n) is 12.1. The lowest BCUT2D eigenvalue weighted by Crippen LogP contribution is -2.37. The molecule has 1 N–H and O–H groups in total. The highest BCUT2D eigenvalue weighted by Crippen LogP contribution is 2.38. The Bertz CT molecular complexity index is 1450. The van der Waals surface area contributed by atoms with Crippen molar-refractivity contribution in [2.24, 2.45) is 5.92 Å². The van der Waals surface area contributed by atoms with Gasteiger partial charge in [0.25, 0.3) is 11.8 Å². The van der Waals surface area contributed by atoms with Gasteiger partial charge in [-0.3, -0.25) is 9.59 Å². The fourth-order valence-electron chi connectivity index (χ4n) is 5.00. The molecule has 0 aromatic heterocycles. The smallest absolute Gasteiger partial charge is 0.259 e. The summed E-state index contributed by atoms with van der Waals surface area (Å²) in [4.78, 5) is 28.3. The molecule has 1 aliphatic heterocycles. The number of carbonyl (C=O) groups excluding carboxylic acids is 2. The number of benzene rings is 3. The van der Waals surface area contributed by atoms with E-state index in [-0.39, 0.29) is 39.5 Å². The van der Waals surface area contributed by atoms with Crippen LogP contribution in [-0.4, -0.2) is 26.3 Å². The molecule has 0 spiro atoms. The monoisotopic (exact) mass is 522 g/mol. The first-order chi connectivity index (χ1) is 17.2. The van der Waals surface area contributed by atoms with Crippen LogP contribution in [0, 0.1) is 5.92 Å². The lowest BCUT2D eigenvalue weighted by molar-refractivity contribution is 0.0921. The van der Waals surface area contributed by atoms with Crippen LogP contribution in [0.15, 0.2) is 76.5 Å². The number of fused-ring (bicyclic) bond motifs is 2. The number of amides is 2. The minimum Gasteiger partial charge on any atom is -0.349 e. The summed E-state index contributed by atoms with van der Waals surface area (Å²) in [7, 11) is -4.00. The summed E-state index contributed by atoms with van der Waals surface area (Å²) in [6.07, 6.45) is 3.96. The SMILES string of the molecule is CC1CCC(NC(=O)c2ccc3c(c2)N(Cc2cccc(Cl)c2)C(=O)c2ccccc2S3(=O)=O)CC1. The zero-order chi connectivity index (χ0) is 25.4. The van der Waals surface area contributed by atoms with E-state index in [1.54, 1.807) is 30.3 Å². The van der Waals surface area contributed by atoms with Crippen LogP contribution in [0.3, 0.4) is 0 Å². The molecular weight excluding hydrogens is 496 g/mol. The van der Waals surface area contributed by atoms with Crippen molar-refractivity contribution in [2.75, 3.05) is 4.90 Å². The minimum absolute atomic E-state index is 0.00845. The van der Waals surface area contributed by atoms with Gasteiger partial charge < -0.3 is 10.2 Å². The van der Waals surface area contributed by atoms with Crippen LogP contribution in [0.25, 0.3) is 0 Å². The average molecular weight is 523 g/mol. The van der Waals surface area contributed by atoms with Gasteiger partial charge in [0.2, 0.25) is 9.84 Å². The first-order valence-corrected chi connectivity index (χ1v) is 14.0. The number of carbonyl (C=O) groups is 2. The van der Waals surface area contributed by atoms with Gasteiger partial charge in [0.1, 0.15) is 0 Å². The Kier molecular flexibility index (Phi) is 6.62. The predicted molar refractivity (Wildman–Crippen MR) is 139 cm³/mol. The highest BCUT2D eigenvalue weighted by molar-refractivity contribution is 7.91. The molecule has 5 rings (SSSR count). The molecule has 1 aliphatic carbocycles. The molecule has 6 nitrogen and oxygen atoms in total. The molecule has 0 radical (unpaired) electrons. The minimum atomic E-state index is -4.00. The van der Waals surface area contributed by atoms with E-state index in [0.717, 1.165) is 31.2 Å². The highest BCUT2D eigenvalue weighted by Gasteiger charge is 2.36. The maximum atomic E-state index is 13.7. The average Bonchev–Trinajstić information content (AvgIpc) is 2.93. The third-order valence-electron chi connectivity index (χ3n) is 7.03. The van der Waals surface area contributed by atoms with Gasteiger partial charge in [0.05, 0.1) is 27.6 Å². The van der Waals surface area contributed by atoms with Gasteiger partial charge in [0.15, 0.2) is 0 Å². The van der Waals surface area contributed by atoms with E-state index >= 15 is 0 Å². The van der Waals surface area contributed by atoms with Gasteiger partial charge in [-0.05, 0) is 79.6 Å². The highest BCUT2D eigenvalue weighted by atomic mass is 35.5. The fourth-order valence-corrected chi connectivity index (χ4v) is 6.84. The van der Waals surface area contributed by atoms with Gasteiger partial charge in [-0.1, -0.05) is 42.8 Å². The number of hydrogen-bond acceptors (Lipinski definition) is 4. The summed E-state index contributed by atoms with van der Waals surface area (Å²) in [5.41, 5.74) is 1.33. The predicted octanol–water partition coefficient (Wildman–Crippen LogP) is 5.64. The molecule has 3 aromatic rings. The molecule has 1 fully saturated rings. The normalized spacial score (nSPS) is 20.7. The number of hydrogen-bond donors (Lipinski definition) is 1. The molecule has 1 heterocycles. The number of rotatable bonds is 4. The topological polar surface area (TPSA) is 83.6 Å². The Morgan fingerprint density at radius 2 is 1.72 bits per heavy atom. The van der Waals surface area contributed by atoms with Crippen LogP contribution in [0.5, 0.6) is 0 Å². The fraction of sp³-hybridized carbons (Fsp3) is 0.286. The maximum absolute atomic E-state index is 13.7. The third kappa shape index (κ3) is 4.65. The van der Waals surface area contributed by atoms with Crippen molar-refractivity contribution >= 4 is 38.9 Å². The van der Waals surface area contributed by atoms with Crippen molar-refractivity contribution in [3.63, 3.8) is 0 Å². The molecule has 2 amide bonds. The van der Waals surface area contributed by atoms with Crippen LogP contribution in [0.4, 0.5) is 5.69 Å². The van der Waals surface area contributed by atoms with E-state index in [1.807, 2.05) is 6.07 Å². The summed E-state index contributed by atoms with van der Waals surface area (Å²) >= 11 is 6.17. The number of halogens is 1. The molecule has 3 aromatic carbocycles. The van der Waals surface area contributed by atoms with Crippen LogP contribution < -0.4 is 10.2 Å². The largest absolute Gasteiger partial charge is 0.349 e. The Morgan fingerprint density at radius 1 is 0.972 bits per heavy atom. The second-order valence-corrected chi connectivity index (χ2v) is 12.0. The summed E-state index contributed by atoms with van der Waals surface area (Å²) < 4.78 is 27.3. The van der Waals surface area contributed by atoms with Gasteiger partial charge in [-0.2, -0.15) is 0 Å². The number of nitrogens with zero attached hydrogens (tertiary/aromatic N) is 1. The molecule has 2 aliphatic rings. The molecular formula is C28H27ClN2O4S. The molecule has 36 heavy (non-hydrogen) atoms. The van der Waals surface area contributed by atoms with Crippen LogP contribution in [0.1, 0.15) is 58.9 Å². The van der Waals surface area contributed by atoms with Gasteiger partial charge in [-0.25, -0.2) is 8.42 Å². The molecule has 0 bridgehead atoms.